The molecule has 13 heavy (non-hydrogen) atoms. The van der Waals surface area contributed by atoms with Crippen LogP contribution in [-0.4, -0.2) is 36.7 Å². The van der Waals surface area contributed by atoms with Crippen molar-refractivity contribution in [3.8, 4) is 0 Å². The van der Waals surface area contributed by atoms with Crippen molar-refractivity contribution < 1.29 is 9.90 Å². The van der Waals surface area contributed by atoms with Crippen LogP contribution in [-0.2, 0) is 18.3 Å². The van der Waals surface area contributed by atoms with E-state index < -0.39 is 5.60 Å². The van der Waals surface area contributed by atoms with Gasteiger partial charge in [0.2, 0.25) is 0 Å². The van der Waals surface area contributed by atoms with Gasteiger partial charge >= 0.3 is 0 Å². The standard InChI is InChI=1S/C7H12N4O2/c1-7(2,13)5(12)4-6-8-10-11(3)9-6/h13H,4H2,1-3H3. The molecule has 0 aliphatic heterocycles. The molecule has 1 N–H and O–H groups in total. The second-order valence-electron chi connectivity index (χ2n) is 3.35. The minimum absolute atomic E-state index is 0.0112. The lowest BCUT2D eigenvalue weighted by atomic mass is 10.0. The van der Waals surface area contributed by atoms with Gasteiger partial charge in [-0.1, -0.05) is 0 Å². The van der Waals surface area contributed by atoms with Crippen LogP contribution in [0.25, 0.3) is 0 Å². The second-order valence-corrected chi connectivity index (χ2v) is 3.35. The predicted octanol–water partition coefficient (Wildman–Crippen LogP) is -0.907. The first-order valence-electron chi connectivity index (χ1n) is 3.88. The summed E-state index contributed by atoms with van der Waals surface area (Å²) in [5.74, 6) is 0.00938. The number of carbonyl (C=O) groups is 1. The quantitative estimate of drug-likeness (QED) is 0.658. The first-order valence-corrected chi connectivity index (χ1v) is 3.88. The maximum atomic E-state index is 11.3. The first-order chi connectivity index (χ1) is 5.89. The molecule has 1 rings (SSSR count). The predicted molar refractivity (Wildman–Crippen MR) is 43.8 cm³/mol. The van der Waals surface area contributed by atoms with Gasteiger partial charge in [-0.05, 0) is 19.1 Å². The Morgan fingerprint density at radius 2 is 2.23 bits per heavy atom. The number of carbonyl (C=O) groups excluding carboxylic acids is 1. The SMILES string of the molecule is Cn1nnc(CC(=O)C(C)(C)O)n1. The van der Waals surface area contributed by atoms with E-state index in [-0.39, 0.29) is 12.2 Å². The van der Waals surface area contributed by atoms with E-state index in [0.29, 0.717) is 5.82 Å². The van der Waals surface area contributed by atoms with Crippen molar-refractivity contribution in [1.82, 2.24) is 20.2 Å². The highest BCUT2D eigenvalue weighted by Crippen LogP contribution is 2.05. The first kappa shape index (κ1) is 9.79. The van der Waals surface area contributed by atoms with E-state index in [1.54, 1.807) is 7.05 Å². The highest BCUT2D eigenvalue weighted by molar-refractivity contribution is 5.87. The summed E-state index contributed by atoms with van der Waals surface area (Å²) in [6.45, 7) is 2.87. The third-order valence-electron chi connectivity index (χ3n) is 1.55. The van der Waals surface area contributed by atoms with Crippen molar-refractivity contribution in [1.29, 1.82) is 0 Å². The van der Waals surface area contributed by atoms with Crippen LogP contribution in [0.1, 0.15) is 19.7 Å². The number of rotatable bonds is 3. The molecule has 6 nitrogen and oxygen atoms in total. The Balaban J connectivity index is 2.65. The van der Waals surface area contributed by atoms with Gasteiger partial charge in [0.1, 0.15) is 5.60 Å². The zero-order chi connectivity index (χ0) is 10.1. The summed E-state index contributed by atoms with van der Waals surface area (Å²) in [5.41, 5.74) is -1.33. The molecule has 0 aliphatic rings. The number of aliphatic hydroxyl groups is 1. The molecule has 0 saturated carbocycles. The van der Waals surface area contributed by atoms with E-state index >= 15 is 0 Å². The van der Waals surface area contributed by atoms with Crippen LogP contribution in [0.15, 0.2) is 0 Å². The minimum atomic E-state index is -1.33. The van der Waals surface area contributed by atoms with Gasteiger partial charge in [0.15, 0.2) is 11.6 Å². The molecule has 0 fully saturated rings. The fourth-order valence-electron chi connectivity index (χ4n) is 0.754. The zero-order valence-electron chi connectivity index (χ0n) is 7.85. The molecule has 0 radical (unpaired) electrons. The lowest BCUT2D eigenvalue weighted by molar-refractivity contribution is -0.133. The van der Waals surface area contributed by atoms with Gasteiger partial charge in [0.25, 0.3) is 0 Å². The Hall–Kier alpha value is -1.30. The van der Waals surface area contributed by atoms with Crippen LogP contribution in [0.4, 0.5) is 0 Å². The van der Waals surface area contributed by atoms with Crippen molar-refractivity contribution in [2.45, 2.75) is 25.9 Å². The Kier molecular flexibility index (Phi) is 2.42. The molecule has 1 aromatic rings. The molecule has 0 atom stereocenters. The van der Waals surface area contributed by atoms with Gasteiger partial charge < -0.3 is 5.11 Å². The Morgan fingerprint density at radius 3 is 2.62 bits per heavy atom. The summed E-state index contributed by atoms with van der Waals surface area (Å²) in [4.78, 5) is 12.5. The summed E-state index contributed by atoms with van der Waals surface area (Å²) in [6.07, 6.45) is 0.0112. The average molecular weight is 184 g/mol. The van der Waals surface area contributed by atoms with Crippen molar-refractivity contribution in [2.75, 3.05) is 0 Å². The van der Waals surface area contributed by atoms with Gasteiger partial charge in [-0.25, -0.2) is 0 Å². The number of hydrogen-bond donors (Lipinski definition) is 1. The van der Waals surface area contributed by atoms with Crippen LogP contribution in [0.2, 0.25) is 0 Å². The monoisotopic (exact) mass is 184 g/mol. The summed E-state index contributed by atoms with van der Waals surface area (Å²) in [7, 11) is 1.62. The molecular formula is C7H12N4O2. The Morgan fingerprint density at radius 1 is 1.62 bits per heavy atom. The number of aromatic nitrogens is 4. The molecule has 6 heteroatoms. The van der Waals surface area contributed by atoms with Gasteiger partial charge in [0.05, 0.1) is 13.5 Å². The largest absolute Gasteiger partial charge is 0.383 e. The maximum Gasteiger partial charge on any atom is 0.182 e. The molecule has 0 aromatic carbocycles. The van der Waals surface area contributed by atoms with Gasteiger partial charge in [-0.2, -0.15) is 4.80 Å². The fraction of sp³-hybridized carbons (Fsp3) is 0.714. The normalized spacial score (nSPS) is 11.7. The number of aryl methyl sites for hydroxylation is 1. The van der Waals surface area contributed by atoms with Crippen molar-refractivity contribution >= 4 is 5.78 Å². The second kappa shape index (κ2) is 3.21. The average Bonchev–Trinajstić information content (AvgIpc) is 2.33. The molecule has 0 amide bonds. The van der Waals surface area contributed by atoms with Crippen LogP contribution < -0.4 is 0 Å². The molecule has 72 valence electrons. The maximum absolute atomic E-state index is 11.3. The highest BCUT2D eigenvalue weighted by Gasteiger charge is 2.24. The molecule has 0 unspecified atom stereocenters. The van der Waals surface area contributed by atoms with E-state index in [1.807, 2.05) is 0 Å². The minimum Gasteiger partial charge on any atom is -0.383 e. The molecule has 1 heterocycles. The van der Waals surface area contributed by atoms with Crippen LogP contribution >= 0.6 is 0 Å². The van der Waals surface area contributed by atoms with Gasteiger partial charge in [0, 0.05) is 0 Å². The summed E-state index contributed by atoms with van der Waals surface area (Å²) in [5, 5.41) is 20.4. The number of ketones is 1. The van der Waals surface area contributed by atoms with Crippen LogP contribution in [0, 0.1) is 0 Å². The fourth-order valence-corrected chi connectivity index (χ4v) is 0.754. The third kappa shape index (κ3) is 2.59. The zero-order valence-corrected chi connectivity index (χ0v) is 7.85. The molecule has 0 spiro atoms. The molecule has 0 bridgehead atoms. The number of Topliss-reactive ketones (excluding diaryl/α,β-unsaturated/α-hetero) is 1. The van der Waals surface area contributed by atoms with Crippen molar-refractivity contribution in [3.63, 3.8) is 0 Å². The van der Waals surface area contributed by atoms with E-state index in [2.05, 4.69) is 15.4 Å². The van der Waals surface area contributed by atoms with E-state index in [9.17, 15) is 9.90 Å². The number of nitrogens with zero attached hydrogens (tertiary/aromatic N) is 4. The summed E-state index contributed by atoms with van der Waals surface area (Å²) in [6, 6.07) is 0. The highest BCUT2D eigenvalue weighted by atomic mass is 16.3. The molecule has 1 aromatic heterocycles. The molecule has 0 saturated heterocycles. The van der Waals surface area contributed by atoms with Crippen LogP contribution in [0.5, 0.6) is 0 Å². The van der Waals surface area contributed by atoms with E-state index in [4.69, 9.17) is 0 Å². The Bertz CT molecular complexity index is 313. The Labute approximate surface area is 75.6 Å². The smallest absolute Gasteiger partial charge is 0.182 e. The topological polar surface area (TPSA) is 80.9 Å². The van der Waals surface area contributed by atoms with E-state index in [1.165, 1.54) is 18.6 Å². The third-order valence-corrected chi connectivity index (χ3v) is 1.55. The van der Waals surface area contributed by atoms with E-state index in [0.717, 1.165) is 0 Å². The van der Waals surface area contributed by atoms with Crippen molar-refractivity contribution in [2.24, 2.45) is 7.05 Å². The molecule has 0 aliphatic carbocycles. The number of hydrogen-bond acceptors (Lipinski definition) is 5. The van der Waals surface area contributed by atoms with Crippen LogP contribution in [0.3, 0.4) is 0 Å². The molecular weight excluding hydrogens is 172 g/mol. The summed E-state index contributed by atoms with van der Waals surface area (Å²) < 4.78 is 0. The lowest BCUT2D eigenvalue weighted by Gasteiger charge is -2.13. The van der Waals surface area contributed by atoms with Gasteiger partial charge in [-0.15, -0.1) is 10.2 Å². The lowest BCUT2D eigenvalue weighted by Crippen LogP contribution is -2.32. The number of tetrazole rings is 1. The van der Waals surface area contributed by atoms with Gasteiger partial charge in [-0.3, -0.25) is 4.79 Å². The van der Waals surface area contributed by atoms with Crippen molar-refractivity contribution in [3.05, 3.63) is 5.82 Å². The summed E-state index contributed by atoms with van der Waals surface area (Å²) >= 11 is 0.